The van der Waals surface area contributed by atoms with Crippen LogP contribution in [0.1, 0.15) is 30.7 Å². The second kappa shape index (κ2) is 12.2. The van der Waals surface area contributed by atoms with Gasteiger partial charge in [0.15, 0.2) is 22.2 Å². The van der Waals surface area contributed by atoms with Crippen LogP contribution in [-0.2, 0) is 21.8 Å². The summed E-state index contributed by atoms with van der Waals surface area (Å²) in [5, 5.41) is 31.3. The monoisotopic (exact) mass is 524 g/mol. The van der Waals surface area contributed by atoms with Gasteiger partial charge < -0.3 is 22.1 Å². The van der Waals surface area contributed by atoms with Crippen molar-refractivity contribution in [1.82, 2.24) is 20.6 Å². The quantitative estimate of drug-likeness (QED) is 0.0572. The Labute approximate surface area is 209 Å². The normalized spacial score (nSPS) is 17.4. The third-order valence-corrected chi connectivity index (χ3v) is 7.47. The van der Waals surface area contributed by atoms with Crippen molar-refractivity contribution < 1.29 is 9.59 Å². The number of unbranched alkanes of at least 4 members (excludes halogenated alkanes) is 1. The first-order chi connectivity index (χ1) is 16.3. The van der Waals surface area contributed by atoms with Crippen LogP contribution < -0.4 is 32.7 Å². The Bertz CT molecular complexity index is 973. The molecule has 1 atom stereocenters. The molecule has 1 unspecified atom stereocenters. The number of nitrogens with one attached hydrogen (secondary N) is 6. The Hall–Kier alpha value is -2.59. The molecule has 0 saturated heterocycles. The van der Waals surface area contributed by atoms with E-state index in [1.54, 1.807) is 11.8 Å². The maximum absolute atomic E-state index is 12.3. The summed E-state index contributed by atoms with van der Waals surface area (Å²) in [6, 6.07) is 0. The number of anilines is 2. The number of thiazole rings is 2. The third-order valence-electron chi connectivity index (χ3n) is 4.86. The number of aromatic nitrogens is 2. The number of aryl methyl sites for hydroxylation is 1. The van der Waals surface area contributed by atoms with E-state index in [9.17, 15) is 9.59 Å². The molecule has 0 amide bonds. The van der Waals surface area contributed by atoms with Gasteiger partial charge in [0.2, 0.25) is 11.6 Å². The van der Waals surface area contributed by atoms with Gasteiger partial charge in [0.05, 0.1) is 17.8 Å². The van der Waals surface area contributed by atoms with Crippen molar-refractivity contribution in [1.29, 1.82) is 10.8 Å². The Kier molecular flexibility index (Phi) is 9.35. The maximum atomic E-state index is 12.3. The number of ketones is 2. The molecule has 1 fully saturated rings. The smallest absolute Gasteiger partial charge is 0.233 e. The summed E-state index contributed by atoms with van der Waals surface area (Å²) < 4.78 is 0. The maximum Gasteiger partial charge on any atom is 0.233 e. The molecule has 0 radical (unpaired) electrons. The number of nitrogens with two attached hydrogens (primary N) is 2. The molecule has 12 nitrogen and oxygen atoms in total. The summed E-state index contributed by atoms with van der Waals surface area (Å²) in [7, 11) is 0. The van der Waals surface area contributed by atoms with Crippen molar-refractivity contribution >= 4 is 68.2 Å². The molecule has 2 aromatic rings. The predicted molar refractivity (Wildman–Crippen MR) is 138 cm³/mol. The number of carbonyl (C=O) groups is 2. The summed E-state index contributed by atoms with van der Waals surface area (Å²) >= 11 is 4.46. The average Bonchev–Trinajstić information content (AvgIpc) is 3.41. The topological polar surface area (TPSA) is 208 Å². The predicted octanol–water partition coefficient (Wildman–Crippen LogP) is 0.884. The number of thioether (sulfide) groups is 1. The first-order valence-electron chi connectivity index (χ1n) is 10.5. The van der Waals surface area contributed by atoms with E-state index in [0.29, 0.717) is 29.1 Å². The molecular formula is C19H28N10O2S3. The summed E-state index contributed by atoms with van der Waals surface area (Å²) in [5.41, 5.74) is 11.5. The molecule has 2 aromatic heterocycles. The molecule has 1 saturated carbocycles. The lowest BCUT2D eigenvalue weighted by Gasteiger charge is -2.40. The van der Waals surface area contributed by atoms with Crippen LogP contribution in [0.5, 0.6) is 0 Å². The van der Waals surface area contributed by atoms with Crippen LogP contribution in [0.2, 0.25) is 0 Å². The van der Waals surface area contributed by atoms with Gasteiger partial charge in [0, 0.05) is 28.8 Å². The minimum atomic E-state index is -0.962. The van der Waals surface area contributed by atoms with Gasteiger partial charge in [-0.15, -0.1) is 22.7 Å². The first kappa shape index (κ1) is 26.0. The van der Waals surface area contributed by atoms with Gasteiger partial charge in [-0.25, -0.2) is 9.97 Å². The van der Waals surface area contributed by atoms with E-state index in [2.05, 4.69) is 31.2 Å². The molecule has 1 aliphatic rings. The Morgan fingerprint density at radius 1 is 1.00 bits per heavy atom. The molecule has 15 heteroatoms. The molecule has 184 valence electrons. The van der Waals surface area contributed by atoms with Crippen molar-refractivity contribution in [2.24, 2.45) is 11.5 Å². The van der Waals surface area contributed by atoms with Crippen molar-refractivity contribution in [2.45, 2.75) is 37.1 Å². The molecule has 34 heavy (non-hydrogen) atoms. The summed E-state index contributed by atoms with van der Waals surface area (Å²) in [4.78, 5) is 32.6. The summed E-state index contributed by atoms with van der Waals surface area (Å²) in [5.74, 6) is 0.406. The van der Waals surface area contributed by atoms with Crippen LogP contribution in [0.25, 0.3) is 0 Å². The number of hydrogen-bond donors (Lipinski definition) is 8. The lowest BCUT2D eigenvalue weighted by atomic mass is 9.81. The zero-order valence-corrected chi connectivity index (χ0v) is 20.9. The zero-order chi connectivity index (χ0) is 24.6. The standard InChI is InChI=1S/C19H28N10O2S3/c20-15(21)28-17-26-11(9-33-17)3-1-2-4-24-19(7-13(30)14(19)31)25-5-6-32-8-12-10-34-18(27-12)29-16(22)23/h9-10,24-25H,1-8H2,(H4,20,21,26,28)(H4,22,23,27,29). The highest BCUT2D eigenvalue weighted by Crippen LogP contribution is 2.23. The highest BCUT2D eigenvalue weighted by molar-refractivity contribution is 7.98. The van der Waals surface area contributed by atoms with Gasteiger partial charge in [-0.3, -0.25) is 31.0 Å². The van der Waals surface area contributed by atoms with Gasteiger partial charge in [-0.2, -0.15) is 11.8 Å². The van der Waals surface area contributed by atoms with Crippen molar-refractivity contribution in [3.05, 3.63) is 22.1 Å². The van der Waals surface area contributed by atoms with Crippen LogP contribution in [0, 0.1) is 10.8 Å². The van der Waals surface area contributed by atoms with E-state index in [-0.39, 0.29) is 24.1 Å². The largest absolute Gasteiger partial charge is 0.370 e. The van der Waals surface area contributed by atoms with Crippen LogP contribution in [0.4, 0.5) is 10.3 Å². The number of carbonyl (C=O) groups excluding carboxylic acids is 2. The van der Waals surface area contributed by atoms with Crippen LogP contribution in [-0.4, -0.2) is 58.0 Å². The fourth-order valence-corrected chi connectivity index (χ4v) is 5.60. The van der Waals surface area contributed by atoms with E-state index in [1.165, 1.54) is 22.7 Å². The number of guanidine groups is 2. The fourth-order valence-electron chi connectivity index (χ4n) is 3.27. The number of hydrogen-bond acceptors (Lipinski definition) is 11. The second-order valence-corrected chi connectivity index (χ2v) is 10.4. The third kappa shape index (κ3) is 7.46. The first-order valence-corrected chi connectivity index (χ1v) is 13.4. The lowest BCUT2D eigenvalue weighted by molar-refractivity contribution is -0.151. The average molecular weight is 525 g/mol. The van der Waals surface area contributed by atoms with E-state index in [1.807, 2.05) is 10.8 Å². The molecule has 0 spiro atoms. The van der Waals surface area contributed by atoms with Gasteiger partial charge >= 0.3 is 0 Å². The van der Waals surface area contributed by atoms with E-state index in [4.69, 9.17) is 22.3 Å². The van der Waals surface area contributed by atoms with E-state index >= 15 is 0 Å². The van der Waals surface area contributed by atoms with Crippen LogP contribution in [0.3, 0.4) is 0 Å². The molecule has 3 rings (SSSR count). The number of rotatable bonds is 14. The van der Waals surface area contributed by atoms with Crippen molar-refractivity contribution in [3.8, 4) is 0 Å². The Morgan fingerprint density at radius 2 is 1.62 bits per heavy atom. The SMILES string of the molecule is N=C(N)Nc1nc(CCCCNC2(NCCSCc3csc(NC(=N)N)n3)CC(=O)C2=O)cs1. The minimum Gasteiger partial charge on any atom is -0.370 e. The highest BCUT2D eigenvalue weighted by Gasteiger charge is 2.52. The number of nitrogens with zero attached hydrogens (tertiary/aromatic N) is 2. The molecule has 1 aliphatic carbocycles. The molecule has 0 aliphatic heterocycles. The minimum absolute atomic E-state index is 0.139. The number of Topliss-reactive ketones (excluding diaryl/α,β-unsaturated/α-hetero) is 2. The van der Waals surface area contributed by atoms with Crippen LogP contribution in [0.15, 0.2) is 10.8 Å². The van der Waals surface area contributed by atoms with Crippen molar-refractivity contribution in [2.75, 3.05) is 29.5 Å². The van der Waals surface area contributed by atoms with Gasteiger partial charge in [0.25, 0.3) is 0 Å². The molecule has 2 heterocycles. The van der Waals surface area contributed by atoms with Gasteiger partial charge in [-0.05, 0) is 25.8 Å². The Morgan fingerprint density at radius 3 is 2.24 bits per heavy atom. The zero-order valence-electron chi connectivity index (χ0n) is 18.4. The van der Waals surface area contributed by atoms with Crippen molar-refractivity contribution in [3.63, 3.8) is 0 Å². The van der Waals surface area contributed by atoms with Gasteiger partial charge in [-0.1, -0.05) is 0 Å². The van der Waals surface area contributed by atoms with Crippen LogP contribution >= 0.6 is 34.4 Å². The molecule has 0 bridgehead atoms. The molecule has 0 aromatic carbocycles. The summed E-state index contributed by atoms with van der Waals surface area (Å²) in [6.07, 6.45) is 2.64. The second-order valence-electron chi connectivity index (χ2n) is 7.56. The Balaban J connectivity index is 1.34. The van der Waals surface area contributed by atoms with Gasteiger partial charge in [0.1, 0.15) is 5.66 Å². The fraction of sp³-hybridized carbons (Fsp3) is 0.474. The van der Waals surface area contributed by atoms with E-state index < -0.39 is 11.4 Å². The lowest BCUT2D eigenvalue weighted by Crippen LogP contribution is -2.72. The molecule has 10 N–H and O–H groups in total. The summed E-state index contributed by atoms with van der Waals surface area (Å²) in [6.45, 7) is 1.18. The van der Waals surface area contributed by atoms with E-state index in [0.717, 1.165) is 36.4 Å². The molecular weight excluding hydrogens is 496 g/mol. The highest BCUT2D eigenvalue weighted by atomic mass is 32.2.